The lowest BCUT2D eigenvalue weighted by Gasteiger charge is -2.37. The number of nitrogens with one attached hydrogen (secondary N) is 1. The third kappa shape index (κ3) is 4.73. The van der Waals surface area contributed by atoms with E-state index in [1.54, 1.807) is 24.3 Å². The highest BCUT2D eigenvalue weighted by Crippen LogP contribution is 2.34. The van der Waals surface area contributed by atoms with Gasteiger partial charge in [0.05, 0.1) is 17.8 Å². The fourth-order valence-corrected chi connectivity index (χ4v) is 4.12. The molecule has 3 rings (SSSR count). The molecule has 2 aliphatic heterocycles. The molecule has 1 N–H and O–H groups in total. The minimum Gasteiger partial charge on any atom is -0.372 e. The van der Waals surface area contributed by atoms with E-state index in [2.05, 4.69) is 12.2 Å². The Hall–Kier alpha value is -2.67. The Labute approximate surface area is 178 Å². The SMILES string of the molecule is CCCCCN1C(=O)C(c2ccc(NC(C)=O)cc2)=C(N2CC(C)OC(C)C2)C1=O. The largest absolute Gasteiger partial charge is 0.372 e. The quantitative estimate of drug-likeness (QED) is 0.549. The molecule has 2 atom stereocenters. The lowest BCUT2D eigenvalue weighted by atomic mass is 10.0. The lowest BCUT2D eigenvalue weighted by molar-refractivity contribution is -0.138. The summed E-state index contributed by atoms with van der Waals surface area (Å²) >= 11 is 0. The van der Waals surface area contributed by atoms with Gasteiger partial charge in [-0.3, -0.25) is 19.3 Å². The van der Waals surface area contributed by atoms with Crippen LogP contribution >= 0.6 is 0 Å². The maximum Gasteiger partial charge on any atom is 0.277 e. The number of carbonyl (C=O) groups excluding carboxylic acids is 3. The van der Waals surface area contributed by atoms with Crippen LogP contribution in [0.4, 0.5) is 5.69 Å². The minimum atomic E-state index is -0.245. The number of rotatable bonds is 7. The van der Waals surface area contributed by atoms with E-state index in [1.165, 1.54) is 11.8 Å². The van der Waals surface area contributed by atoms with E-state index in [0.29, 0.717) is 42.2 Å². The van der Waals surface area contributed by atoms with Gasteiger partial charge in [-0.05, 0) is 38.0 Å². The highest BCUT2D eigenvalue weighted by atomic mass is 16.5. The summed E-state index contributed by atoms with van der Waals surface area (Å²) in [6, 6.07) is 7.08. The van der Waals surface area contributed by atoms with Gasteiger partial charge in [-0.15, -0.1) is 0 Å². The summed E-state index contributed by atoms with van der Waals surface area (Å²) in [6.45, 7) is 9.05. The number of hydrogen-bond acceptors (Lipinski definition) is 5. The van der Waals surface area contributed by atoms with E-state index in [9.17, 15) is 14.4 Å². The number of ether oxygens (including phenoxy) is 1. The Morgan fingerprint density at radius 2 is 1.70 bits per heavy atom. The summed E-state index contributed by atoms with van der Waals surface area (Å²) < 4.78 is 5.82. The van der Waals surface area contributed by atoms with Gasteiger partial charge in [-0.1, -0.05) is 31.9 Å². The fourth-order valence-electron chi connectivity index (χ4n) is 4.12. The second kappa shape index (κ2) is 9.43. The molecule has 0 spiro atoms. The van der Waals surface area contributed by atoms with Gasteiger partial charge in [-0.2, -0.15) is 0 Å². The van der Waals surface area contributed by atoms with Crippen molar-refractivity contribution in [3.63, 3.8) is 0 Å². The zero-order valence-electron chi connectivity index (χ0n) is 18.2. The van der Waals surface area contributed by atoms with E-state index in [1.807, 2.05) is 18.7 Å². The van der Waals surface area contributed by atoms with E-state index in [-0.39, 0.29) is 29.9 Å². The van der Waals surface area contributed by atoms with Gasteiger partial charge in [0.25, 0.3) is 11.8 Å². The molecule has 0 bridgehead atoms. The molecule has 1 aromatic rings. The van der Waals surface area contributed by atoms with Gasteiger partial charge in [0.1, 0.15) is 5.70 Å². The monoisotopic (exact) mass is 413 g/mol. The summed E-state index contributed by atoms with van der Waals surface area (Å²) in [5.41, 5.74) is 2.23. The smallest absolute Gasteiger partial charge is 0.277 e. The van der Waals surface area contributed by atoms with Crippen LogP contribution in [0.25, 0.3) is 5.57 Å². The van der Waals surface area contributed by atoms with Crippen molar-refractivity contribution >= 4 is 29.0 Å². The summed E-state index contributed by atoms with van der Waals surface area (Å²) in [5.74, 6) is -0.628. The van der Waals surface area contributed by atoms with E-state index in [4.69, 9.17) is 4.74 Å². The van der Waals surface area contributed by atoms with Crippen LogP contribution in [0.2, 0.25) is 0 Å². The van der Waals surface area contributed by atoms with Gasteiger partial charge in [0.15, 0.2) is 0 Å². The van der Waals surface area contributed by atoms with Crippen molar-refractivity contribution in [1.82, 2.24) is 9.80 Å². The van der Waals surface area contributed by atoms with Crippen LogP contribution in [0.3, 0.4) is 0 Å². The van der Waals surface area contributed by atoms with E-state index < -0.39 is 0 Å². The Morgan fingerprint density at radius 3 is 2.27 bits per heavy atom. The summed E-state index contributed by atoms with van der Waals surface area (Å²) in [7, 11) is 0. The van der Waals surface area contributed by atoms with Crippen molar-refractivity contribution in [1.29, 1.82) is 0 Å². The molecule has 7 nitrogen and oxygen atoms in total. The van der Waals surface area contributed by atoms with Crippen molar-refractivity contribution in [3.05, 3.63) is 35.5 Å². The van der Waals surface area contributed by atoms with Gasteiger partial charge >= 0.3 is 0 Å². The third-order valence-electron chi connectivity index (χ3n) is 5.36. The van der Waals surface area contributed by atoms with Crippen LogP contribution < -0.4 is 5.32 Å². The van der Waals surface area contributed by atoms with Crippen molar-refractivity contribution in [2.75, 3.05) is 25.0 Å². The zero-order chi connectivity index (χ0) is 21.8. The first-order chi connectivity index (χ1) is 14.3. The van der Waals surface area contributed by atoms with Gasteiger partial charge in [0.2, 0.25) is 5.91 Å². The Bertz CT molecular complexity index is 837. The number of amides is 3. The molecule has 1 fully saturated rings. The van der Waals surface area contributed by atoms with Crippen molar-refractivity contribution < 1.29 is 19.1 Å². The Balaban J connectivity index is 1.98. The first kappa shape index (κ1) is 22.0. The molecule has 2 heterocycles. The standard InChI is InChI=1S/C23H31N3O4/c1-5-6-7-12-26-22(28)20(18-8-10-19(11-9-18)24-17(4)27)21(23(26)29)25-13-15(2)30-16(3)14-25/h8-11,15-16H,5-7,12-14H2,1-4H3,(H,24,27). The third-order valence-corrected chi connectivity index (χ3v) is 5.36. The molecule has 0 aromatic heterocycles. The normalized spacial score (nSPS) is 22.1. The van der Waals surface area contributed by atoms with Crippen LogP contribution in [-0.2, 0) is 19.1 Å². The molecule has 162 valence electrons. The molecular formula is C23H31N3O4. The van der Waals surface area contributed by atoms with Gasteiger partial charge in [-0.25, -0.2) is 0 Å². The average molecular weight is 414 g/mol. The molecule has 1 aromatic carbocycles. The Kier molecular flexibility index (Phi) is 6.92. The summed E-state index contributed by atoms with van der Waals surface area (Å²) in [5, 5.41) is 2.73. The van der Waals surface area contributed by atoms with Gasteiger partial charge in [0, 0.05) is 32.2 Å². The molecule has 3 amide bonds. The number of imide groups is 1. The predicted molar refractivity (Wildman–Crippen MR) is 115 cm³/mol. The number of morpholine rings is 1. The Morgan fingerprint density at radius 1 is 1.07 bits per heavy atom. The minimum absolute atomic E-state index is 0.0262. The molecule has 2 unspecified atom stereocenters. The maximum atomic E-state index is 13.3. The molecule has 1 saturated heterocycles. The first-order valence-electron chi connectivity index (χ1n) is 10.7. The summed E-state index contributed by atoms with van der Waals surface area (Å²) in [4.78, 5) is 41.3. The van der Waals surface area contributed by atoms with Crippen molar-refractivity contribution in [2.45, 2.75) is 59.2 Å². The van der Waals surface area contributed by atoms with E-state index in [0.717, 1.165) is 19.3 Å². The average Bonchev–Trinajstić information content (AvgIpc) is 2.92. The number of benzene rings is 1. The molecule has 0 saturated carbocycles. The number of anilines is 1. The molecule has 7 heteroatoms. The van der Waals surface area contributed by atoms with Crippen molar-refractivity contribution in [2.24, 2.45) is 0 Å². The molecule has 30 heavy (non-hydrogen) atoms. The highest BCUT2D eigenvalue weighted by molar-refractivity contribution is 6.35. The fraction of sp³-hybridized carbons (Fsp3) is 0.522. The number of carbonyl (C=O) groups is 3. The maximum absolute atomic E-state index is 13.3. The van der Waals surface area contributed by atoms with Crippen LogP contribution in [0, 0.1) is 0 Å². The molecule has 0 radical (unpaired) electrons. The number of hydrogen-bond donors (Lipinski definition) is 1. The van der Waals surface area contributed by atoms with E-state index >= 15 is 0 Å². The number of unbranched alkanes of at least 4 members (excludes halogenated alkanes) is 2. The lowest BCUT2D eigenvalue weighted by Crippen LogP contribution is -2.47. The predicted octanol–water partition coefficient (Wildman–Crippen LogP) is 3.02. The topological polar surface area (TPSA) is 79.0 Å². The molecule has 2 aliphatic rings. The summed E-state index contributed by atoms with van der Waals surface area (Å²) in [6.07, 6.45) is 2.74. The van der Waals surface area contributed by atoms with Gasteiger partial charge < -0.3 is 15.0 Å². The molecular weight excluding hydrogens is 382 g/mol. The first-order valence-corrected chi connectivity index (χ1v) is 10.7. The second-order valence-electron chi connectivity index (χ2n) is 8.11. The number of nitrogens with zero attached hydrogens (tertiary/aromatic N) is 2. The van der Waals surface area contributed by atoms with Crippen LogP contribution in [-0.4, -0.2) is 59.4 Å². The second-order valence-corrected chi connectivity index (χ2v) is 8.11. The zero-order valence-corrected chi connectivity index (χ0v) is 18.2. The van der Waals surface area contributed by atoms with Crippen molar-refractivity contribution in [3.8, 4) is 0 Å². The van der Waals surface area contributed by atoms with Crippen LogP contribution in [0.1, 0.15) is 52.5 Å². The van der Waals surface area contributed by atoms with Crippen LogP contribution in [0.15, 0.2) is 30.0 Å². The van der Waals surface area contributed by atoms with Crippen LogP contribution in [0.5, 0.6) is 0 Å². The highest BCUT2D eigenvalue weighted by Gasteiger charge is 2.42. The molecule has 0 aliphatic carbocycles.